The van der Waals surface area contributed by atoms with Crippen LogP contribution in [0.15, 0.2) is 0 Å². The Bertz CT molecular complexity index is 206. The van der Waals surface area contributed by atoms with Crippen LogP contribution in [0.3, 0.4) is 0 Å². The van der Waals surface area contributed by atoms with Gasteiger partial charge >= 0.3 is 5.97 Å². The lowest BCUT2D eigenvalue weighted by atomic mass is 10.1. The van der Waals surface area contributed by atoms with E-state index in [0.717, 1.165) is 24.5 Å². The largest absolute Gasteiger partial charge is 0.465 e. The minimum atomic E-state index is -0.0751. The summed E-state index contributed by atoms with van der Waals surface area (Å²) in [7, 11) is 0. The molecule has 1 fully saturated rings. The smallest absolute Gasteiger partial charge is 0.323 e. The van der Waals surface area contributed by atoms with Crippen LogP contribution in [-0.2, 0) is 9.53 Å². The number of rotatable bonds is 8. The van der Waals surface area contributed by atoms with E-state index in [1.807, 2.05) is 11.8 Å². The average molecular weight is 259 g/mol. The fraction of sp³-hybridized carbons (Fsp3) is 0.923. The summed E-state index contributed by atoms with van der Waals surface area (Å²) in [6.45, 7) is 3.73. The zero-order valence-electron chi connectivity index (χ0n) is 10.9. The van der Waals surface area contributed by atoms with Crippen molar-refractivity contribution in [3.63, 3.8) is 0 Å². The highest BCUT2D eigenvalue weighted by molar-refractivity contribution is 7.99. The highest BCUT2D eigenvalue weighted by atomic mass is 32.2. The maximum Gasteiger partial charge on any atom is 0.323 e. The molecule has 1 unspecified atom stereocenters. The molecule has 1 rings (SSSR count). The Balaban J connectivity index is 1.92. The quantitative estimate of drug-likeness (QED) is 0.537. The van der Waals surface area contributed by atoms with E-state index in [1.165, 1.54) is 32.1 Å². The number of hydrogen-bond acceptors (Lipinski definition) is 4. The van der Waals surface area contributed by atoms with Gasteiger partial charge in [0.05, 0.1) is 6.61 Å². The number of esters is 1. The topological polar surface area (TPSA) is 38.3 Å². The highest BCUT2D eigenvalue weighted by Gasteiger charge is 2.21. The Labute approximate surface area is 109 Å². The molecule has 0 amide bonds. The molecule has 0 aromatic heterocycles. The Hall–Kier alpha value is -0.220. The molecule has 100 valence electrons. The monoisotopic (exact) mass is 259 g/mol. The van der Waals surface area contributed by atoms with Crippen LogP contribution >= 0.6 is 11.8 Å². The number of carbonyl (C=O) groups excluding carboxylic acids is 1. The van der Waals surface area contributed by atoms with E-state index in [4.69, 9.17) is 4.74 Å². The van der Waals surface area contributed by atoms with Crippen LogP contribution in [0.1, 0.15) is 45.4 Å². The van der Waals surface area contributed by atoms with E-state index in [0.29, 0.717) is 6.61 Å². The summed E-state index contributed by atoms with van der Waals surface area (Å²) in [6.07, 6.45) is 7.37. The molecule has 0 bridgehead atoms. The van der Waals surface area contributed by atoms with Crippen LogP contribution in [-0.4, -0.2) is 36.7 Å². The van der Waals surface area contributed by atoms with Crippen molar-refractivity contribution in [3.8, 4) is 0 Å². The highest BCUT2D eigenvalue weighted by Crippen LogP contribution is 2.09. The van der Waals surface area contributed by atoms with Gasteiger partial charge in [0.15, 0.2) is 0 Å². The SMILES string of the molecule is CCCCCCCCOC(=O)C1CSCCN1. The van der Waals surface area contributed by atoms with Gasteiger partial charge in [-0.15, -0.1) is 0 Å². The molecule has 17 heavy (non-hydrogen) atoms. The second-order valence-electron chi connectivity index (χ2n) is 4.52. The number of hydrogen-bond donors (Lipinski definition) is 1. The molecule has 0 aliphatic carbocycles. The van der Waals surface area contributed by atoms with Crippen molar-refractivity contribution in [2.45, 2.75) is 51.5 Å². The summed E-state index contributed by atoms with van der Waals surface area (Å²) >= 11 is 1.82. The summed E-state index contributed by atoms with van der Waals surface area (Å²) in [5.74, 6) is 1.89. The molecule has 1 N–H and O–H groups in total. The minimum absolute atomic E-state index is 0.0641. The first kappa shape index (κ1) is 14.8. The molecule has 1 saturated heterocycles. The van der Waals surface area contributed by atoms with E-state index in [2.05, 4.69) is 12.2 Å². The molecular formula is C13H25NO2S. The fourth-order valence-corrected chi connectivity index (χ4v) is 2.79. The molecule has 0 aromatic carbocycles. The average Bonchev–Trinajstić information content (AvgIpc) is 2.38. The number of thioether (sulfide) groups is 1. The van der Waals surface area contributed by atoms with Crippen molar-refractivity contribution in [1.29, 1.82) is 0 Å². The fourth-order valence-electron chi connectivity index (χ4n) is 1.87. The molecule has 1 atom stereocenters. The standard InChI is InChI=1S/C13H25NO2S/c1-2-3-4-5-6-7-9-16-13(15)12-11-17-10-8-14-12/h12,14H,2-11H2,1H3. The lowest BCUT2D eigenvalue weighted by Crippen LogP contribution is -2.44. The third-order valence-corrected chi connectivity index (χ3v) is 4.01. The van der Waals surface area contributed by atoms with Crippen LogP contribution in [0.4, 0.5) is 0 Å². The Morgan fingerprint density at radius 1 is 1.29 bits per heavy atom. The second-order valence-corrected chi connectivity index (χ2v) is 5.67. The first-order valence-electron chi connectivity index (χ1n) is 6.82. The Morgan fingerprint density at radius 2 is 2.06 bits per heavy atom. The van der Waals surface area contributed by atoms with E-state index < -0.39 is 0 Å². The van der Waals surface area contributed by atoms with Gasteiger partial charge in [-0.1, -0.05) is 39.0 Å². The molecule has 0 aromatic rings. The van der Waals surface area contributed by atoms with E-state index in [9.17, 15) is 4.79 Å². The van der Waals surface area contributed by atoms with Gasteiger partial charge in [-0.2, -0.15) is 11.8 Å². The molecule has 0 spiro atoms. The van der Waals surface area contributed by atoms with Crippen molar-refractivity contribution in [3.05, 3.63) is 0 Å². The molecule has 1 aliphatic rings. The number of carbonyl (C=O) groups is 1. The van der Waals surface area contributed by atoms with Crippen LogP contribution in [0.2, 0.25) is 0 Å². The van der Waals surface area contributed by atoms with Gasteiger partial charge in [-0.25, -0.2) is 0 Å². The lowest BCUT2D eigenvalue weighted by molar-refractivity contribution is -0.145. The minimum Gasteiger partial charge on any atom is -0.465 e. The predicted molar refractivity (Wildman–Crippen MR) is 73.5 cm³/mol. The first-order valence-corrected chi connectivity index (χ1v) is 7.98. The van der Waals surface area contributed by atoms with Crippen molar-refractivity contribution >= 4 is 17.7 Å². The Kier molecular flexibility index (Phi) is 8.53. The van der Waals surface area contributed by atoms with E-state index in [1.54, 1.807) is 0 Å². The van der Waals surface area contributed by atoms with E-state index in [-0.39, 0.29) is 12.0 Å². The summed E-state index contributed by atoms with van der Waals surface area (Å²) in [6, 6.07) is -0.0751. The molecule has 0 saturated carbocycles. The zero-order chi connectivity index (χ0) is 12.3. The third-order valence-electron chi connectivity index (χ3n) is 2.95. The number of nitrogens with one attached hydrogen (secondary N) is 1. The summed E-state index contributed by atoms with van der Waals surface area (Å²) in [5, 5.41) is 3.19. The van der Waals surface area contributed by atoms with Gasteiger partial charge in [-0.3, -0.25) is 4.79 Å². The van der Waals surface area contributed by atoms with Gasteiger partial charge in [0.25, 0.3) is 0 Å². The van der Waals surface area contributed by atoms with Crippen LogP contribution < -0.4 is 5.32 Å². The Morgan fingerprint density at radius 3 is 2.76 bits per heavy atom. The van der Waals surface area contributed by atoms with Crippen LogP contribution in [0.5, 0.6) is 0 Å². The van der Waals surface area contributed by atoms with Crippen molar-refractivity contribution in [2.75, 3.05) is 24.7 Å². The van der Waals surface area contributed by atoms with Crippen molar-refractivity contribution in [2.24, 2.45) is 0 Å². The summed E-state index contributed by atoms with van der Waals surface area (Å²) in [5.41, 5.74) is 0. The first-order chi connectivity index (χ1) is 8.34. The van der Waals surface area contributed by atoms with E-state index >= 15 is 0 Å². The summed E-state index contributed by atoms with van der Waals surface area (Å²) < 4.78 is 5.27. The molecule has 0 radical (unpaired) electrons. The molecule has 1 heterocycles. The zero-order valence-corrected chi connectivity index (χ0v) is 11.7. The normalized spacial score (nSPS) is 20.2. The van der Waals surface area contributed by atoms with Crippen molar-refractivity contribution < 1.29 is 9.53 Å². The van der Waals surface area contributed by atoms with Crippen LogP contribution in [0.25, 0.3) is 0 Å². The van der Waals surface area contributed by atoms with Gasteiger partial charge < -0.3 is 10.1 Å². The molecular weight excluding hydrogens is 234 g/mol. The number of ether oxygens (including phenoxy) is 1. The maximum atomic E-state index is 11.6. The summed E-state index contributed by atoms with van der Waals surface area (Å²) in [4.78, 5) is 11.6. The maximum absolute atomic E-state index is 11.6. The third kappa shape index (κ3) is 6.94. The van der Waals surface area contributed by atoms with Gasteiger partial charge in [0.2, 0.25) is 0 Å². The van der Waals surface area contributed by atoms with Crippen molar-refractivity contribution in [1.82, 2.24) is 5.32 Å². The van der Waals surface area contributed by atoms with Gasteiger partial charge in [-0.05, 0) is 6.42 Å². The van der Waals surface area contributed by atoms with Crippen LogP contribution in [0, 0.1) is 0 Å². The number of unbranched alkanes of at least 4 members (excludes halogenated alkanes) is 5. The van der Waals surface area contributed by atoms with Gasteiger partial charge in [0, 0.05) is 18.1 Å². The molecule has 1 aliphatic heterocycles. The molecule has 4 heteroatoms. The lowest BCUT2D eigenvalue weighted by Gasteiger charge is -2.21. The second kappa shape index (κ2) is 9.77. The van der Waals surface area contributed by atoms with Gasteiger partial charge in [0.1, 0.15) is 6.04 Å². The predicted octanol–water partition coefficient (Wildman–Crippen LogP) is 2.60. The molecule has 3 nitrogen and oxygen atoms in total.